The number of aliphatic hydroxyl groups excluding tert-OH is 1. The number of nitrogens with two attached hydrogens (primary N) is 1. The Labute approximate surface area is 185 Å². The van der Waals surface area contributed by atoms with Crippen LogP contribution in [0.25, 0.3) is 39.1 Å². The maximum absolute atomic E-state index is 9.73. The summed E-state index contributed by atoms with van der Waals surface area (Å²) in [5.74, 6) is 0. The normalized spacial score (nSPS) is 20.5. The van der Waals surface area contributed by atoms with Crippen LogP contribution in [0, 0.1) is 6.92 Å². The third-order valence-electron chi connectivity index (χ3n) is 6.52. The average molecular weight is 422 g/mol. The van der Waals surface area contributed by atoms with E-state index in [-0.39, 0.29) is 6.10 Å². The van der Waals surface area contributed by atoms with Crippen molar-refractivity contribution < 1.29 is 5.11 Å². The summed E-state index contributed by atoms with van der Waals surface area (Å²) in [6.07, 6.45) is 2.63. The van der Waals surface area contributed by atoms with Gasteiger partial charge in [0.15, 0.2) is 11.3 Å². The molecule has 5 aromatic rings. The van der Waals surface area contributed by atoms with E-state index in [0.717, 1.165) is 50.3 Å². The fourth-order valence-corrected chi connectivity index (χ4v) is 4.74. The molecule has 0 radical (unpaired) electrons. The quantitative estimate of drug-likeness (QED) is 0.455. The summed E-state index contributed by atoms with van der Waals surface area (Å²) < 4.78 is 1.79. The van der Waals surface area contributed by atoms with Crippen LogP contribution in [-0.4, -0.2) is 30.8 Å². The lowest BCUT2D eigenvalue weighted by Crippen LogP contribution is -2.51. The van der Waals surface area contributed by atoms with Gasteiger partial charge in [-0.3, -0.25) is 0 Å². The Balaban J connectivity index is 1.57. The van der Waals surface area contributed by atoms with Crippen LogP contribution in [0.15, 0.2) is 72.9 Å². The van der Waals surface area contributed by atoms with Crippen molar-refractivity contribution in [2.75, 3.05) is 0 Å². The van der Waals surface area contributed by atoms with Crippen LogP contribution in [0.2, 0.25) is 0 Å². The van der Waals surface area contributed by atoms with Crippen LogP contribution in [0.4, 0.5) is 0 Å². The number of fused-ring (bicyclic) bond motifs is 3. The van der Waals surface area contributed by atoms with E-state index in [9.17, 15) is 5.11 Å². The van der Waals surface area contributed by atoms with Gasteiger partial charge in [0.1, 0.15) is 0 Å². The maximum atomic E-state index is 9.73. The molecule has 6 rings (SSSR count). The molecule has 0 bridgehead atoms. The Bertz CT molecular complexity index is 1450. The van der Waals surface area contributed by atoms with Crippen LogP contribution in [0.5, 0.6) is 0 Å². The molecule has 3 heterocycles. The van der Waals surface area contributed by atoms with Crippen molar-refractivity contribution in [1.29, 1.82) is 0 Å². The number of aryl methyl sites for hydroxylation is 1. The Morgan fingerprint density at radius 3 is 2.44 bits per heavy atom. The molecule has 0 saturated heterocycles. The Hall–Kier alpha value is -3.61. The number of rotatable bonds is 3. The standard InChI is InChI=1S/C26H23N5O/c1-16-21-13-22(17-5-3-2-4-6-17)24(30-25(21)31-23(29-16)11-12-28-31)18-7-9-19(10-8-18)26(27)14-20(32)15-26/h2-13,20,32H,14-15,27H2,1H3/t20-,26-. The van der Waals surface area contributed by atoms with E-state index in [2.05, 4.69) is 52.5 Å². The molecule has 0 atom stereocenters. The monoisotopic (exact) mass is 421 g/mol. The first-order valence-electron chi connectivity index (χ1n) is 10.8. The minimum absolute atomic E-state index is 0.306. The maximum Gasteiger partial charge on any atom is 0.165 e. The number of hydrogen-bond donors (Lipinski definition) is 2. The fraction of sp³-hybridized carbons (Fsp3) is 0.192. The van der Waals surface area contributed by atoms with Gasteiger partial charge in [-0.15, -0.1) is 0 Å². The van der Waals surface area contributed by atoms with Gasteiger partial charge in [0.05, 0.1) is 23.7 Å². The second-order valence-electron chi connectivity index (χ2n) is 8.72. The second kappa shape index (κ2) is 6.95. The number of aromatic nitrogens is 4. The summed E-state index contributed by atoms with van der Waals surface area (Å²) in [5.41, 5.74) is 13.6. The van der Waals surface area contributed by atoms with Gasteiger partial charge in [0, 0.05) is 28.1 Å². The molecule has 1 fully saturated rings. The van der Waals surface area contributed by atoms with Crippen molar-refractivity contribution in [2.45, 2.75) is 31.4 Å². The van der Waals surface area contributed by atoms with Gasteiger partial charge >= 0.3 is 0 Å². The molecule has 0 spiro atoms. The zero-order valence-corrected chi connectivity index (χ0v) is 17.7. The van der Waals surface area contributed by atoms with Gasteiger partial charge < -0.3 is 10.8 Å². The van der Waals surface area contributed by atoms with Crippen LogP contribution in [-0.2, 0) is 5.54 Å². The number of nitrogens with zero attached hydrogens (tertiary/aromatic N) is 4. The molecule has 1 saturated carbocycles. The van der Waals surface area contributed by atoms with Gasteiger partial charge in [-0.2, -0.15) is 9.61 Å². The summed E-state index contributed by atoms with van der Waals surface area (Å²) >= 11 is 0. The Morgan fingerprint density at radius 1 is 0.969 bits per heavy atom. The predicted octanol–water partition coefficient (Wildman–Crippen LogP) is 4.23. The smallest absolute Gasteiger partial charge is 0.165 e. The number of hydrogen-bond acceptors (Lipinski definition) is 5. The van der Waals surface area contributed by atoms with Gasteiger partial charge in [-0.1, -0.05) is 54.6 Å². The average Bonchev–Trinajstić information content (AvgIpc) is 3.27. The van der Waals surface area contributed by atoms with Crippen molar-refractivity contribution >= 4 is 16.7 Å². The van der Waals surface area contributed by atoms with Gasteiger partial charge in [0.25, 0.3) is 0 Å². The van der Waals surface area contributed by atoms with Crippen molar-refractivity contribution in [3.8, 4) is 22.4 Å². The molecule has 0 aliphatic heterocycles. The highest BCUT2D eigenvalue weighted by Crippen LogP contribution is 2.40. The molecule has 3 aromatic heterocycles. The fourth-order valence-electron chi connectivity index (χ4n) is 4.74. The number of aliphatic hydroxyl groups is 1. The SMILES string of the molecule is Cc1nc2ccnn2c2nc(-c3ccc([C@]4(N)C[C@H](O)C4)cc3)c(-c3ccccc3)cc12. The highest BCUT2D eigenvalue weighted by atomic mass is 16.3. The summed E-state index contributed by atoms with van der Waals surface area (Å²) in [6.45, 7) is 2.01. The highest BCUT2D eigenvalue weighted by Gasteiger charge is 2.41. The summed E-state index contributed by atoms with van der Waals surface area (Å²) in [4.78, 5) is 9.80. The highest BCUT2D eigenvalue weighted by molar-refractivity contribution is 5.92. The largest absolute Gasteiger partial charge is 0.393 e. The van der Waals surface area contributed by atoms with Crippen molar-refractivity contribution in [2.24, 2.45) is 5.73 Å². The first-order valence-corrected chi connectivity index (χ1v) is 10.8. The topological polar surface area (TPSA) is 89.3 Å². The van der Waals surface area contributed by atoms with Gasteiger partial charge in [-0.05, 0) is 37.0 Å². The molecule has 0 unspecified atom stereocenters. The molecule has 1 aliphatic carbocycles. The van der Waals surface area contributed by atoms with Crippen molar-refractivity contribution in [1.82, 2.24) is 19.6 Å². The zero-order chi connectivity index (χ0) is 21.9. The molecule has 6 heteroatoms. The van der Waals surface area contributed by atoms with E-state index in [1.54, 1.807) is 10.7 Å². The molecule has 3 N–H and O–H groups in total. The number of pyridine rings is 1. The number of benzene rings is 2. The lowest BCUT2D eigenvalue weighted by atomic mass is 9.70. The molecule has 0 amide bonds. The van der Waals surface area contributed by atoms with E-state index in [1.165, 1.54) is 0 Å². The first kappa shape index (κ1) is 19.1. The van der Waals surface area contributed by atoms with E-state index in [0.29, 0.717) is 12.8 Å². The van der Waals surface area contributed by atoms with Crippen molar-refractivity contribution in [3.63, 3.8) is 0 Å². The molecule has 6 nitrogen and oxygen atoms in total. The van der Waals surface area contributed by atoms with Crippen molar-refractivity contribution in [3.05, 3.63) is 84.2 Å². The van der Waals surface area contributed by atoms with Crippen LogP contribution in [0.1, 0.15) is 24.1 Å². The van der Waals surface area contributed by atoms with E-state index >= 15 is 0 Å². The third-order valence-corrected chi connectivity index (χ3v) is 6.52. The van der Waals surface area contributed by atoms with Gasteiger partial charge in [0.2, 0.25) is 0 Å². The minimum atomic E-state index is -0.443. The third kappa shape index (κ3) is 2.92. The molecule has 158 valence electrons. The van der Waals surface area contributed by atoms with E-state index in [4.69, 9.17) is 10.7 Å². The first-order chi connectivity index (χ1) is 15.5. The minimum Gasteiger partial charge on any atom is -0.393 e. The predicted molar refractivity (Wildman–Crippen MR) is 125 cm³/mol. The molecule has 1 aliphatic rings. The zero-order valence-electron chi connectivity index (χ0n) is 17.7. The lowest BCUT2D eigenvalue weighted by molar-refractivity contribution is 0.0209. The Kier molecular flexibility index (Phi) is 4.15. The molecule has 2 aromatic carbocycles. The molecular formula is C26H23N5O. The van der Waals surface area contributed by atoms with Crippen LogP contribution in [0.3, 0.4) is 0 Å². The Morgan fingerprint density at radius 2 is 1.72 bits per heavy atom. The van der Waals surface area contributed by atoms with E-state index < -0.39 is 5.54 Å². The van der Waals surface area contributed by atoms with E-state index in [1.807, 2.05) is 31.2 Å². The van der Waals surface area contributed by atoms with Crippen LogP contribution < -0.4 is 5.73 Å². The molecule has 32 heavy (non-hydrogen) atoms. The summed E-state index contributed by atoms with van der Waals surface area (Å²) in [7, 11) is 0. The second-order valence-corrected chi connectivity index (χ2v) is 8.72. The van der Waals surface area contributed by atoms with Gasteiger partial charge in [-0.25, -0.2) is 9.97 Å². The molecular weight excluding hydrogens is 398 g/mol. The van der Waals surface area contributed by atoms with Crippen LogP contribution >= 0.6 is 0 Å². The summed E-state index contributed by atoms with van der Waals surface area (Å²) in [5, 5.41) is 15.2. The summed E-state index contributed by atoms with van der Waals surface area (Å²) in [6, 6.07) is 22.6. The lowest BCUT2D eigenvalue weighted by Gasteiger charge is -2.42.